The van der Waals surface area contributed by atoms with Crippen LogP contribution in [0.25, 0.3) is 0 Å². The summed E-state index contributed by atoms with van der Waals surface area (Å²) in [6.45, 7) is 4.41. The van der Waals surface area contributed by atoms with E-state index in [0.717, 1.165) is 41.5 Å². The first-order valence-corrected chi connectivity index (χ1v) is 14.2. The maximum Gasteiger partial charge on any atom is 0.255 e. The largest absolute Gasteiger partial charge is 0.329 e. The number of allylic oxidation sites excluding steroid dienone is 1. The summed E-state index contributed by atoms with van der Waals surface area (Å²) in [6.07, 6.45) is 16.3. The first-order valence-electron chi connectivity index (χ1n) is 14.2. The van der Waals surface area contributed by atoms with E-state index in [4.69, 9.17) is 0 Å². The third-order valence-electron chi connectivity index (χ3n) is 9.62. The van der Waals surface area contributed by atoms with E-state index in [1.54, 1.807) is 4.90 Å². The molecule has 5 nitrogen and oxygen atoms in total. The summed E-state index contributed by atoms with van der Waals surface area (Å²) in [5.41, 5.74) is 3.96. The van der Waals surface area contributed by atoms with E-state index in [1.165, 1.54) is 69.8 Å². The zero-order chi connectivity index (χ0) is 23.9. The van der Waals surface area contributed by atoms with Gasteiger partial charge < -0.3 is 15.5 Å². The van der Waals surface area contributed by atoms with Crippen molar-refractivity contribution in [3.63, 3.8) is 0 Å². The molecule has 0 bridgehead atoms. The fourth-order valence-electron chi connectivity index (χ4n) is 7.44. The number of fused-ring (bicyclic) bond motifs is 1. The molecule has 1 aromatic rings. The molecule has 6 rings (SSSR count). The minimum Gasteiger partial charge on any atom is -0.329 e. The molecule has 3 aliphatic carbocycles. The van der Waals surface area contributed by atoms with Crippen molar-refractivity contribution < 1.29 is 9.59 Å². The molecule has 4 fully saturated rings. The van der Waals surface area contributed by atoms with Crippen LogP contribution in [-0.4, -0.2) is 34.8 Å². The number of rotatable bonds is 6. The number of amides is 2. The van der Waals surface area contributed by atoms with Gasteiger partial charge in [-0.15, -0.1) is 0 Å². The Morgan fingerprint density at radius 3 is 2.43 bits per heavy atom. The molecule has 1 aromatic carbocycles. The van der Waals surface area contributed by atoms with E-state index < -0.39 is 0 Å². The lowest BCUT2D eigenvalue weighted by Gasteiger charge is -2.38. The minimum absolute atomic E-state index is 0.00165. The van der Waals surface area contributed by atoms with Crippen molar-refractivity contribution in [1.82, 2.24) is 15.5 Å². The van der Waals surface area contributed by atoms with E-state index in [1.807, 2.05) is 6.07 Å². The third kappa shape index (κ3) is 4.94. The van der Waals surface area contributed by atoms with Crippen LogP contribution in [0.15, 0.2) is 30.5 Å². The van der Waals surface area contributed by atoms with Gasteiger partial charge in [-0.3, -0.25) is 9.59 Å². The lowest BCUT2D eigenvalue weighted by molar-refractivity contribution is -0.126. The van der Waals surface area contributed by atoms with Crippen LogP contribution in [0.5, 0.6) is 0 Å². The smallest absolute Gasteiger partial charge is 0.255 e. The third-order valence-corrected chi connectivity index (χ3v) is 9.62. The molecule has 1 saturated heterocycles. The van der Waals surface area contributed by atoms with Gasteiger partial charge in [-0.25, -0.2) is 0 Å². The Morgan fingerprint density at radius 2 is 1.69 bits per heavy atom. The average molecular weight is 476 g/mol. The molecule has 3 saturated carbocycles. The van der Waals surface area contributed by atoms with Crippen LogP contribution >= 0.6 is 0 Å². The van der Waals surface area contributed by atoms with Crippen molar-refractivity contribution in [2.75, 3.05) is 0 Å². The number of benzene rings is 1. The first kappa shape index (κ1) is 23.3. The normalized spacial score (nSPS) is 33.5. The molecule has 2 amide bonds. The number of piperidine rings is 1. The van der Waals surface area contributed by atoms with Gasteiger partial charge in [-0.1, -0.05) is 31.6 Å². The van der Waals surface area contributed by atoms with Crippen LogP contribution in [0.4, 0.5) is 0 Å². The van der Waals surface area contributed by atoms with Crippen molar-refractivity contribution in [3.8, 4) is 0 Å². The van der Waals surface area contributed by atoms with Gasteiger partial charge in [0.25, 0.3) is 5.91 Å². The number of hydrogen-bond acceptors (Lipinski definition) is 3. The monoisotopic (exact) mass is 475 g/mol. The topological polar surface area (TPSA) is 61.4 Å². The molecule has 1 unspecified atom stereocenters. The van der Waals surface area contributed by atoms with Crippen LogP contribution in [0.3, 0.4) is 0 Å². The highest BCUT2D eigenvalue weighted by Gasteiger charge is 2.39. The molecule has 2 aliphatic heterocycles. The Hall–Kier alpha value is -2.14. The van der Waals surface area contributed by atoms with Crippen molar-refractivity contribution in [2.45, 2.75) is 108 Å². The Labute approximate surface area is 210 Å². The second-order valence-electron chi connectivity index (χ2n) is 12.0. The molecular formula is C30H41N3O2. The van der Waals surface area contributed by atoms with E-state index in [9.17, 15) is 9.59 Å². The highest BCUT2D eigenvalue weighted by molar-refractivity contribution is 6.01. The van der Waals surface area contributed by atoms with Gasteiger partial charge in [-0.05, 0) is 106 Å². The molecule has 0 spiro atoms. The Kier molecular flexibility index (Phi) is 6.46. The fraction of sp³-hybridized carbons (Fsp3) is 0.667. The summed E-state index contributed by atoms with van der Waals surface area (Å²) in [6, 6.07) is 7.37. The van der Waals surface area contributed by atoms with Crippen LogP contribution in [-0.2, 0) is 17.8 Å². The Morgan fingerprint density at radius 1 is 0.943 bits per heavy atom. The summed E-state index contributed by atoms with van der Waals surface area (Å²) in [5.74, 6) is 2.66. The van der Waals surface area contributed by atoms with Crippen LogP contribution in [0, 0.1) is 17.8 Å². The van der Waals surface area contributed by atoms with E-state index in [-0.39, 0.29) is 17.9 Å². The molecule has 3 atom stereocenters. The van der Waals surface area contributed by atoms with Gasteiger partial charge in [-0.2, -0.15) is 0 Å². The summed E-state index contributed by atoms with van der Waals surface area (Å²) >= 11 is 0. The predicted octanol–water partition coefficient (Wildman–Crippen LogP) is 5.09. The summed E-state index contributed by atoms with van der Waals surface area (Å²) in [7, 11) is 0. The van der Waals surface area contributed by atoms with Gasteiger partial charge >= 0.3 is 0 Å². The van der Waals surface area contributed by atoms with Crippen LogP contribution < -0.4 is 10.6 Å². The Balaban J connectivity index is 1.09. The maximum atomic E-state index is 13.1. The van der Waals surface area contributed by atoms with Gasteiger partial charge in [0.2, 0.25) is 5.91 Å². The lowest BCUT2D eigenvalue weighted by Crippen LogP contribution is -2.49. The molecule has 5 aliphatic rings. The average Bonchev–Trinajstić information content (AvgIpc) is 3.65. The van der Waals surface area contributed by atoms with Gasteiger partial charge in [0.1, 0.15) is 6.04 Å². The van der Waals surface area contributed by atoms with E-state index >= 15 is 0 Å². The van der Waals surface area contributed by atoms with Gasteiger partial charge in [0.15, 0.2) is 0 Å². The fourth-order valence-corrected chi connectivity index (χ4v) is 7.44. The quantitative estimate of drug-likeness (QED) is 0.602. The van der Waals surface area contributed by atoms with Crippen LogP contribution in [0.1, 0.15) is 98.5 Å². The van der Waals surface area contributed by atoms with Crippen molar-refractivity contribution >= 4 is 11.8 Å². The number of carbonyl (C=O) groups excluding carboxylic acids is 2. The summed E-state index contributed by atoms with van der Waals surface area (Å²) in [5, 5.41) is 6.95. The maximum absolute atomic E-state index is 13.1. The van der Waals surface area contributed by atoms with E-state index in [0.29, 0.717) is 31.0 Å². The predicted molar refractivity (Wildman–Crippen MR) is 138 cm³/mol. The van der Waals surface area contributed by atoms with Crippen molar-refractivity contribution in [1.29, 1.82) is 0 Å². The molecule has 35 heavy (non-hydrogen) atoms. The minimum atomic E-state index is -0.384. The summed E-state index contributed by atoms with van der Waals surface area (Å²) in [4.78, 5) is 27.3. The highest BCUT2D eigenvalue weighted by atomic mass is 16.2. The molecular weight excluding hydrogens is 434 g/mol. The van der Waals surface area contributed by atoms with Gasteiger partial charge in [0, 0.05) is 29.9 Å². The SMILES string of the molecule is C=C1CCC(N2Cc3cc(C[C@H]4CCCC[C@@H]4N[C@H]4CC[C@H](C5CC5)CC4)ccc3C2=O)C(=O)N1. The zero-order valence-corrected chi connectivity index (χ0v) is 21.1. The van der Waals surface area contributed by atoms with Crippen molar-refractivity contribution in [2.24, 2.45) is 17.8 Å². The van der Waals surface area contributed by atoms with Gasteiger partial charge in [0.05, 0.1) is 0 Å². The Bertz CT molecular complexity index is 991. The summed E-state index contributed by atoms with van der Waals surface area (Å²) < 4.78 is 0. The molecule has 188 valence electrons. The zero-order valence-electron chi connectivity index (χ0n) is 21.1. The number of nitrogens with one attached hydrogen (secondary N) is 2. The number of hydrogen-bond donors (Lipinski definition) is 2. The van der Waals surface area contributed by atoms with E-state index in [2.05, 4.69) is 29.3 Å². The standard InChI is InChI=1S/C30H41N3O2/c1-19-6-15-28(29(34)31-19)33-18-24-17-20(7-14-26(24)30(33)35)16-23-4-2-3-5-27(23)32-25-12-10-22(11-13-25)21-8-9-21/h7,14,17,21-23,25,27-28,32H,1-6,8-13,15-16,18H2,(H,31,34)/t22-,23-,25-,27+,28?/m1/s1. The molecule has 2 N–H and O–H groups in total. The molecule has 2 heterocycles. The number of nitrogens with zero attached hydrogens (tertiary/aromatic N) is 1. The van der Waals surface area contributed by atoms with Crippen molar-refractivity contribution in [3.05, 3.63) is 47.2 Å². The second-order valence-corrected chi connectivity index (χ2v) is 12.0. The first-order chi connectivity index (χ1) is 17.0. The second kappa shape index (κ2) is 9.72. The molecule has 0 radical (unpaired) electrons. The molecule has 5 heteroatoms. The number of carbonyl (C=O) groups is 2. The van der Waals surface area contributed by atoms with Crippen LogP contribution in [0.2, 0.25) is 0 Å². The molecule has 0 aromatic heterocycles. The lowest BCUT2D eigenvalue weighted by atomic mass is 9.78. The highest BCUT2D eigenvalue weighted by Crippen LogP contribution is 2.44.